The summed E-state index contributed by atoms with van der Waals surface area (Å²) in [5.41, 5.74) is 0.252. The van der Waals surface area contributed by atoms with Gasteiger partial charge in [0.2, 0.25) is 0 Å². The van der Waals surface area contributed by atoms with Gasteiger partial charge in [0.05, 0.1) is 12.1 Å². The van der Waals surface area contributed by atoms with E-state index >= 15 is 0 Å². The maximum Gasteiger partial charge on any atom is 0.408 e. The lowest BCUT2D eigenvalue weighted by Gasteiger charge is -2.26. The van der Waals surface area contributed by atoms with Gasteiger partial charge in [-0.05, 0) is 32.8 Å². The van der Waals surface area contributed by atoms with Crippen molar-refractivity contribution in [2.75, 3.05) is 0 Å². The van der Waals surface area contributed by atoms with Crippen LogP contribution in [0.4, 0.5) is 4.79 Å². The highest BCUT2D eigenvalue weighted by Crippen LogP contribution is 2.20. The van der Waals surface area contributed by atoms with Gasteiger partial charge in [0.15, 0.2) is 0 Å². The molecule has 0 bridgehead atoms. The Balaban J connectivity index is 2.84. The Morgan fingerprint density at radius 3 is 2.50 bits per heavy atom. The first-order valence-corrected chi connectivity index (χ1v) is 6.67. The van der Waals surface area contributed by atoms with E-state index in [0.29, 0.717) is 6.42 Å². The van der Waals surface area contributed by atoms with E-state index < -0.39 is 23.8 Å². The molecule has 1 aromatic carbocycles. The first-order chi connectivity index (χ1) is 9.33. The van der Waals surface area contributed by atoms with Crippen LogP contribution in [-0.4, -0.2) is 22.9 Å². The second-order valence-corrected chi connectivity index (χ2v) is 5.63. The minimum absolute atomic E-state index is 0.384. The number of nitrogens with one attached hydrogen (secondary N) is 1. The molecule has 2 N–H and O–H groups in total. The maximum atomic E-state index is 11.9. The molecule has 20 heavy (non-hydrogen) atoms. The van der Waals surface area contributed by atoms with Gasteiger partial charge in [-0.1, -0.05) is 36.4 Å². The Kier molecular flexibility index (Phi) is 5.77. The van der Waals surface area contributed by atoms with Crippen molar-refractivity contribution in [3.8, 4) is 0 Å². The molecule has 0 aliphatic heterocycles. The molecule has 0 aliphatic rings. The van der Waals surface area contributed by atoms with E-state index in [1.165, 1.54) is 0 Å². The summed E-state index contributed by atoms with van der Waals surface area (Å²) >= 11 is 0. The molecule has 2 atom stereocenters. The van der Waals surface area contributed by atoms with E-state index in [4.69, 9.17) is 4.74 Å². The molecular weight excluding hydrogens is 254 g/mol. The standard InChI is InChI=1S/C16H23NO3/c1-5-9-13(18)14(12-10-7-6-8-11-12)17-15(19)20-16(2,3)4/h5-8,10-11,13-14,18H,1,9H2,2-4H3,(H,17,19)/t13-,14-/m0/s1. The first kappa shape index (κ1) is 16.2. The maximum absolute atomic E-state index is 11.9. The van der Waals surface area contributed by atoms with Gasteiger partial charge in [0.25, 0.3) is 0 Å². The summed E-state index contributed by atoms with van der Waals surface area (Å²) in [4.78, 5) is 11.9. The van der Waals surface area contributed by atoms with E-state index in [0.717, 1.165) is 5.56 Å². The molecule has 0 radical (unpaired) electrons. The van der Waals surface area contributed by atoms with Crippen molar-refractivity contribution < 1.29 is 14.6 Å². The number of carbonyl (C=O) groups is 1. The van der Waals surface area contributed by atoms with Gasteiger partial charge in [-0.2, -0.15) is 0 Å². The fraction of sp³-hybridized carbons (Fsp3) is 0.438. The highest BCUT2D eigenvalue weighted by Gasteiger charge is 2.25. The van der Waals surface area contributed by atoms with Crippen molar-refractivity contribution in [1.29, 1.82) is 0 Å². The van der Waals surface area contributed by atoms with Gasteiger partial charge < -0.3 is 15.2 Å². The quantitative estimate of drug-likeness (QED) is 0.813. The van der Waals surface area contributed by atoms with Crippen molar-refractivity contribution in [3.63, 3.8) is 0 Å². The average molecular weight is 277 g/mol. The number of carbonyl (C=O) groups excluding carboxylic acids is 1. The lowest BCUT2D eigenvalue weighted by molar-refractivity contribution is 0.0423. The molecule has 0 unspecified atom stereocenters. The monoisotopic (exact) mass is 277 g/mol. The Bertz CT molecular complexity index is 437. The van der Waals surface area contributed by atoms with Gasteiger partial charge >= 0.3 is 6.09 Å². The summed E-state index contributed by atoms with van der Waals surface area (Å²) in [5, 5.41) is 12.9. The SMILES string of the molecule is C=CC[C@H](O)[C@@H](NC(=O)OC(C)(C)C)c1ccccc1. The molecule has 4 nitrogen and oxygen atoms in total. The summed E-state index contributed by atoms with van der Waals surface area (Å²) in [6.45, 7) is 9.00. The molecule has 0 aliphatic carbocycles. The van der Waals surface area contributed by atoms with Crippen molar-refractivity contribution in [2.45, 2.75) is 44.9 Å². The largest absolute Gasteiger partial charge is 0.444 e. The van der Waals surface area contributed by atoms with E-state index in [-0.39, 0.29) is 0 Å². The van der Waals surface area contributed by atoms with Crippen LogP contribution in [0.3, 0.4) is 0 Å². The number of hydrogen-bond acceptors (Lipinski definition) is 3. The number of aliphatic hydroxyl groups excluding tert-OH is 1. The summed E-state index contributed by atoms with van der Waals surface area (Å²) in [7, 11) is 0. The molecule has 1 aromatic rings. The fourth-order valence-electron chi connectivity index (χ4n) is 1.80. The first-order valence-electron chi connectivity index (χ1n) is 6.67. The van der Waals surface area contributed by atoms with Crippen LogP contribution in [0.1, 0.15) is 38.8 Å². The molecule has 1 rings (SSSR count). The highest BCUT2D eigenvalue weighted by atomic mass is 16.6. The topological polar surface area (TPSA) is 58.6 Å². The Morgan fingerprint density at radius 1 is 1.40 bits per heavy atom. The van der Waals surface area contributed by atoms with Crippen molar-refractivity contribution in [3.05, 3.63) is 48.6 Å². The third-order valence-corrected chi connectivity index (χ3v) is 2.62. The van der Waals surface area contributed by atoms with Crippen molar-refractivity contribution in [2.24, 2.45) is 0 Å². The predicted octanol–water partition coefficient (Wildman–Crippen LogP) is 3.19. The number of rotatable bonds is 5. The van der Waals surface area contributed by atoms with Crippen LogP contribution >= 0.6 is 0 Å². The number of hydrogen-bond donors (Lipinski definition) is 2. The third-order valence-electron chi connectivity index (χ3n) is 2.62. The van der Waals surface area contributed by atoms with Crippen LogP contribution in [-0.2, 0) is 4.74 Å². The van der Waals surface area contributed by atoms with Crippen LogP contribution in [0.15, 0.2) is 43.0 Å². The molecule has 0 saturated heterocycles. The Hall–Kier alpha value is -1.81. The van der Waals surface area contributed by atoms with Crippen molar-refractivity contribution in [1.82, 2.24) is 5.32 Å². The van der Waals surface area contributed by atoms with E-state index in [2.05, 4.69) is 11.9 Å². The van der Waals surface area contributed by atoms with Crippen LogP contribution in [0.25, 0.3) is 0 Å². The summed E-state index contributed by atoms with van der Waals surface area (Å²) in [6.07, 6.45) is 0.712. The van der Waals surface area contributed by atoms with E-state index in [1.54, 1.807) is 26.8 Å². The van der Waals surface area contributed by atoms with Gasteiger partial charge in [0.1, 0.15) is 5.60 Å². The predicted molar refractivity (Wildman–Crippen MR) is 79.4 cm³/mol. The molecule has 0 heterocycles. The van der Waals surface area contributed by atoms with Crippen LogP contribution in [0.2, 0.25) is 0 Å². The second-order valence-electron chi connectivity index (χ2n) is 5.63. The van der Waals surface area contributed by atoms with Crippen LogP contribution in [0.5, 0.6) is 0 Å². The zero-order chi connectivity index (χ0) is 15.2. The molecule has 4 heteroatoms. The molecule has 0 aromatic heterocycles. The average Bonchev–Trinajstić information content (AvgIpc) is 2.35. The van der Waals surface area contributed by atoms with Gasteiger partial charge in [-0.15, -0.1) is 6.58 Å². The highest BCUT2D eigenvalue weighted by molar-refractivity contribution is 5.68. The molecule has 0 saturated carbocycles. The second kappa shape index (κ2) is 7.10. The van der Waals surface area contributed by atoms with Crippen molar-refractivity contribution >= 4 is 6.09 Å². The normalized spacial score (nSPS) is 14.2. The lowest BCUT2D eigenvalue weighted by Crippen LogP contribution is -2.39. The third kappa shape index (κ3) is 5.45. The lowest BCUT2D eigenvalue weighted by atomic mass is 9.99. The zero-order valence-corrected chi connectivity index (χ0v) is 12.3. The molecule has 110 valence electrons. The van der Waals surface area contributed by atoms with Gasteiger partial charge in [-0.25, -0.2) is 4.79 Å². The number of alkyl carbamates (subject to hydrolysis) is 1. The molecule has 0 fully saturated rings. The van der Waals surface area contributed by atoms with E-state index in [1.807, 2.05) is 30.3 Å². The molecule has 1 amide bonds. The minimum Gasteiger partial charge on any atom is -0.444 e. The summed E-state index contributed by atoms with van der Waals surface area (Å²) in [6, 6.07) is 8.79. The van der Waals surface area contributed by atoms with Crippen LogP contribution < -0.4 is 5.32 Å². The number of aliphatic hydroxyl groups is 1. The smallest absolute Gasteiger partial charge is 0.408 e. The van der Waals surface area contributed by atoms with Crippen LogP contribution in [0, 0.1) is 0 Å². The number of amides is 1. The summed E-state index contributed by atoms with van der Waals surface area (Å²) in [5.74, 6) is 0. The zero-order valence-electron chi connectivity index (χ0n) is 12.3. The minimum atomic E-state index is -0.748. The van der Waals surface area contributed by atoms with Gasteiger partial charge in [0, 0.05) is 0 Å². The van der Waals surface area contributed by atoms with Gasteiger partial charge in [-0.3, -0.25) is 0 Å². The Labute approximate surface area is 120 Å². The molecular formula is C16H23NO3. The molecule has 0 spiro atoms. The fourth-order valence-corrected chi connectivity index (χ4v) is 1.80. The number of ether oxygens (including phenoxy) is 1. The Morgan fingerprint density at radius 2 is 2.00 bits per heavy atom. The number of benzene rings is 1. The summed E-state index contributed by atoms with van der Waals surface area (Å²) < 4.78 is 5.23. The van der Waals surface area contributed by atoms with E-state index in [9.17, 15) is 9.90 Å².